The molecule has 0 atom stereocenters. The molecule has 3 aromatic carbocycles. The normalized spacial score (nSPS) is 11.5. The van der Waals surface area contributed by atoms with E-state index in [9.17, 15) is 0 Å². The highest BCUT2D eigenvalue weighted by atomic mass is 35.5. The number of benzene rings is 3. The number of hydrogen-bond acceptors (Lipinski definition) is 2. The maximum absolute atomic E-state index is 6.38. The number of imidazole rings is 1. The molecule has 0 bridgehead atoms. The predicted molar refractivity (Wildman–Crippen MR) is 124 cm³/mol. The number of unbranched alkanes of at least 4 members (excludes halogenated alkanes) is 1. The lowest BCUT2D eigenvalue weighted by Crippen LogP contribution is -1.99. The standard InChI is InChI=1S/C25H22ClN3/c1-2-3-8-17-13-14-23-20(15-17)18-9-4-5-10-19(18)25-27-16-24(29(23)25)28-22-12-7-6-11-21(22)26/h4-7,9-16,28H,2-3,8H2,1H3. The summed E-state index contributed by atoms with van der Waals surface area (Å²) in [4.78, 5) is 4.75. The van der Waals surface area contributed by atoms with Crippen molar-refractivity contribution in [3.63, 3.8) is 0 Å². The van der Waals surface area contributed by atoms with Crippen molar-refractivity contribution < 1.29 is 0 Å². The second kappa shape index (κ2) is 7.41. The number of halogens is 1. The largest absolute Gasteiger partial charge is 0.339 e. The van der Waals surface area contributed by atoms with E-state index in [1.807, 2.05) is 30.5 Å². The fourth-order valence-electron chi connectivity index (χ4n) is 4.02. The summed E-state index contributed by atoms with van der Waals surface area (Å²) in [5.74, 6) is 0.908. The minimum absolute atomic E-state index is 0.689. The molecule has 5 aromatic rings. The Morgan fingerprint density at radius 2 is 1.72 bits per heavy atom. The summed E-state index contributed by atoms with van der Waals surface area (Å²) >= 11 is 6.38. The zero-order chi connectivity index (χ0) is 19.8. The maximum Gasteiger partial charge on any atom is 0.146 e. The Labute approximate surface area is 175 Å². The van der Waals surface area contributed by atoms with Crippen molar-refractivity contribution >= 4 is 50.4 Å². The second-order valence-corrected chi connectivity index (χ2v) is 7.82. The number of aryl methyl sites for hydroxylation is 1. The van der Waals surface area contributed by atoms with Gasteiger partial charge in [0.15, 0.2) is 0 Å². The smallest absolute Gasteiger partial charge is 0.146 e. The average Bonchev–Trinajstić information content (AvgIpc) is 3.18. The quantitative estimate of drug-likeness (QED) is 0.312. The van der Waals surface area contributed by atoms with Gasteiger partial charge in [-0.25, -0.2) is 4.98 Å². The summed E-state index contributed by atoms with van der Waals surface area (Å²) in [6, 6.07) is 23.1. The van der Waals surface area contributed by atoms with E-state index in [0.29, 0.717) is 5.02 Å². The van der Waals surface area contributed by atoms with Crippen molar-refractivity contribution in [2.75, 3.05) is 5.32 Å². The van der Waals surface area contributed by atoms with Crippen molar-refractivity contribution in [2.24, 2.45) is 0 Å². The van der Waals surface area contributed by atoms with Gasteiger partial charge in [0.1, 0.15) is 11.5 Å². The summed E-state index contributed by atoms with van der Waals surface area (Å²) in [6.45, 7) is 2.23. The van der Waals surface area contributed by atoms with Gasteiger partial charge in [-0.3, -0.25) is 4.40 Å². The molecule has 4 heteroatoms. The number of hydrogen-bond donors (Lipinski definition) is 1. The minimum Gasteiger partial charge on any atom is -0.339 e. The first-order valence-electron chi connectivity index (χ1n) is 10.1. The van der Waals surface area contributed by atoms with Gasteiger partial charge in [0.2, 0.25) is 0 Å². The first-order valence-corrected chi connectivity index (χ1v) is 10.5. The van der Waals surface area contributed by atoms with Gasteiger partial charge in [-0.15, -0.1) is 0 Å². The van der Waals surface area contributed by atoms with Crippen LogP contribution in [-0.2, 0) is 6.42 Å². The van der Waals surface area contributed by atoms with Crippen molar-refractivity contribution in [3.8, 4) is 0 Å². The van der Waals surface area contributed by atoms with Crippen LogP contribution in [0.5, 0.6) is 0 Å². The van der Waals surface area contributed by atoms with Crippen LogP contribution in [0.4, 0.5) is 11.5 Å². The van der Waals surface area contributed by atoms with Crippen LogP contribution >= 0.6 is 11.6 Å². The fraction of sp³-hybridized carbons (Fsp3) is 0.160. The number of aromatic nitrogens is 2. The number of para-hydroxylation sites is 1. The molecule has 0 saturated heterocycles. The molecule has 0 saturated carbocycles. The molecule has 5 rings (SSSR count). The van der Waals surface area contributed by atoms with Gasteiger partial charge in [-0.2, -0.15) is 0 Å². The third-order valence-corrected chi connectivity index (χ3v) is 5.81. The molecule has 0 radical (unpaired) electrons. The van der Waals surface area contributed by atoms with Crippen LogP contribution in [0.15, 0.2) is 72.9 Å². The van der Waals surface area contributed by atoms with Gasteiger partial charge >= 0.3 is 0 Å². The van der Waals surface area contributed by atoms with Gasteiger partial charge in [-0.1, -0.05) is 67.4 Å². The number of rotatable bonds is 5. The molecule has 2 heterocycles. The zero-order valence-electron chi connectivity index (χ0n) is 16.3. The molecule has 3 nitrogen and oxygen atoms in total. The molecule has 1 N–H and O–H groups in total. The molecule has 0 aliphatic carbocycles. The average molecular weight is 400 g/mol. The summed E-state index contributed by atoms with van der Waals surface area (Å²) < 4.78 is 2.20. The second-order valence-electron chi connectivity index (χ2n) is 7.41. The maximum atomic E-state index is 6.38. The fourth-order valence-corrected chi connectivity index (χ4v) is 4.20. The van der Waals surface area contributed by atoms with E-state index >= 15 is 0 Å². The third kappa shape index (κ3) is 3.12. The van der Waals surface area contributed by atoms with Crippen LogP contribution in [0.2, 0.25) is 5.02 Å². The van der Waals surface area contributed by atoms with Crippen LogP contribution < -0.4 is 5.32 Å². The molecule has 0 amide bonds. The number of nitrogens with zero attached hydrogens (tertiary/aromatic N) is 2. The van der Waals surface area contributed by atoms with E-state index in [1.165, 1.54) is 29.2 Å². The number of nitrogens with one attached hydrogen (secondary N) is 1. The zero-order valence-corrected chi connectivity index (χ0v) is 17.1. The van der Waals surface area contributed by atoms with Crippen molar-refractivity contribution in [1.29, 1.82) is 0 Å². The van der Waals surface area contributed by atoms with Crippen LogP contribution in [0.25, 0.3) is 27.3 Å². The van der Waals surface area contributed by atoms with Gasteiger partial charge in [0, 0.05) is 10.8 Å². The highest BCUT2D eigenvalue weighted by molar-refractivity contribution is 6.33. The molecule has 0 spiro atoms. The van der Waals surface area contributed by atoms with Gasteiger partial charge < -0.3 is 5.32 Å². The molecular formula is C25H22ClN3. The monoisotopic (exact) mass is 399 g/mol. The lowest BCUT2D eigenvalue weighted by Gasteiger charge is -2.13. The first kappa shape index (κ1) is 18.0. The highest BCUT2D eigenvalue weighted by Gasteiger charge is 2.14. The van der Waals surface area contributed by atoms with Gasteiger partial charge in [0.05, 0.1) is 22.4 Å². The predicted octanol–water partition coefficient (Wildman–Crippen LogP) is 7.38. The van der Waals surface area contributed by atoms with Crippen molar-refractivity contribution in [1.82, 2.24) is 9.38 Å². The topological polar surface area (TPSA) is 29.3 Å². The van der Waals surface area contributed by atoms with E-state index < -0.39 is 0 Å². The highest BCUT2D eigenvalue weighted by Crippen LogP contribution is 2.34. The Balaban J connectivity index is 1.78. The molecule has 0 aliphatic heterocycles. The van der Waals surface area contributed by atoms with Crippen molar-refractivity contribution in [3.05, 3.63) is 83.5 Å². The Hall–Kier alpha value is -3.04. The SMILES string of the molecule is CCCCc1ccc2c(c1)c1ccccc1c1ncc(Nc3ccccc3Cl)n21. The number of fused-ring (bicyclic) bond motifs is 6. The molecular weight excluding hydrogens is 378 g/mol. The summed E-state index contributed by atoms with van der Waals surface area (Å²) in [5, 5.41) is 7.80. The van der Waals surface area contributed by atoms with E-state index in [4.69, 9.17) is 16.6 Å². The van der Waals surface area contributed by atoms with E-state index in [1.54, 1.807) is 0 Å². The minimum atomic E-state index is 0.689. The third-order valence-electron chi connectivity index (χ3n) is 5.48. The Kier molecular flexibility index (Phi) is 4.61. The molecule has 0 aliphatic rings. The molecule has 0 fully saturated rings. The van der Waals surface area contributed by atoms with Crippen LogP contribution in [-0.4, -0.2) is 9.38 Å². The van der Waals surface area contributed by atoms with E-state index in [-0.39, 0.29) is 0 Å². The van der Waals surface area contributed by atoms with Gasteiger partial charge in [0.25, 0.3) is 0 Å². The van der Waals surface area contributed by atoms with E-state index in [0.717, 1.165) is 34.5 Å². The molecule has 29 heavy (non-hydrogen) atoms. The summed E-state index contributed by atoms with van der Waals surface area (Å²) in [6.07, 6.45) is 5.39. The summed E-state index contributed by atoms with van der Waals surface area (Å²) in [7, 11) is 0. The van der Waals surface area contributed by atoms with Crippen LogP contribution in [0.1, 0.15) is 25.3 Å². The Morgan fingerprint density at radius 1 is 0.931 bits per heavy atom. The van der Waals surface area contributed by atoms with Crippen molar-refractivity contribution in [2.45, 2.75) is 26.2 Å². The first-order chi connectivity index (χ1) is 14.3. The molecule has 144 valence electrons. The lowest BCUT2D eigenvalue weighted by atomic mass is 10.0. The molecule has 2 aromatic heterocycles. The summed E-state index contributed by atoms with van der Waals surface area (Å²) in [5.41, 5.74) is 4.34. The number of pyridine rings is 1. The molecule has 0 unspecified atom stereocenters. The lowest BCUT2D eigenvalue weighted by molar-refractivity contribution is 0.796. The van der Waals surface area contributed by atoms with Gasteiger partial charge in [-0.05, 0) is 48.1 Å². The van der Waals surface area contributed by atoms with Crippen LogP contribution in [0.3, 0.4) is 0 Å². The van der Waals surface area contributed by atoms with E-state index in [2.05, 4.69) is 59.1 Å². The van der Waals surface area contributed by atoms with Crippen LogP contribution in [0, 0.1) is 0 Å². The Morgan fingerprint density at radius 3 is 2.55 bits per heavy atom. The Bertz CT molecular complexity index is 1340. The number of anilines is 2.